The molecular formula is C28H27BrN2O3. The molecule has 0 atom stereocenters. The fourth-order valence-electron chi connectivity index (χ4n) is 4.67. The molecule has 1 aromatic heterocycles. The Morgan fingerprint density at radius 3 is 2.18 bits per heavy atom. The van der Waals surface area contributed by atoms with Gasteiger partial charge in [0, 0.05) is 27.2 Å². The molecule has 3 aromatic rings. The van der Waals surface area contributed by atoms with Gasteiger partial charge in [0.05, 0.1) is 18.5 Å². The molecule has 0 N–H and O–H groups in total. The third kappa shape index (κ3) is 3.92. The van der Waals surface area contributed by atoms with Crippen LogP contribution < -0.4 is 4.90 Å². The summed E-state index contributed by atoms with van der Waals surface area (Å²) >= 11 is 3.46. The second-order valence-electron chi connectivity index (χ2n) is 8.52. The number of aromatic nitrogens is 1. The van der Waals surface area contributed by atoms with Gasteiger partial charge in [-0.15, -0.1) is 0 Å². The number of nitrogens with zero attached hydrogens (tertiary/aromatic N) is 2. The first-order chi connectivity index (χ1) is 16.1. The van der Waals surface area contributed by atoms with Crippen molar-refractivity contribution in [2.75, 3.05) is 12.0 Å². The Kier molecular flexibility index (Phi) is 6.36. The highest BCUT2D eigenvalue weighted by Gasteiger charge is 2.38. The molecule has 0 unspecified atom stereocenters. The number of halogens is 1. The van der Waals surface area contributed by atoms with Gasteiger partial charge in [0.15, 0.2) is 0 Å². The molecule has 0 bridgehead atoms. The standard InChI is InChI=1S/C28H27BrN2O3/c1-16-8-7-9-17(2)26(16)30-18(3)14-21(19(30)4)15-24-27(32)25(28(33)34-6)20(5)31(24)23-12-10-22(29)11-13-23/h7-15H,1-6H3/b24-15-. The van der Waals surface area contributed by atoms with E-state index in [9.17, 15) is 9.59 Å². The van der Waals surface area contributed by atoms with Gasteiger partial charge in [-0.2, -0.15) is 0 Å². The van der Waals surface area contributed by atoms with E-state index in [0.717, 1.165) is 32.8 Å². The van der Waals surface area contributed by atoms with Crippen LogP contribution in [0, 0.1) is 27.7 Å². The Hall–Kier alpha value is -3.38. The van der Waals surface area contributed by atoms with Gasteiger partial charge in [0.25, 0.3) is 0 Å². The number of Topliss-reactive ketones (excluding diaryl/α,β-unsaturated/α-hetero) is 1. The maximum absolute atomic E-state index is 13.5. The largest absolute Gasteiger partial charge is 0.465 e. The summed E-state index contributed by atoms with van der Waals surface area (Å²) in [6.45, 7) is 10.1. The van der Waals surface area contributed by atoms with Gasteiger partial charge in [-0.1, -0.05) is 34.1 Å². The third-order valence-electron chi connectivity index (χ3n) is 6.30. The van der Waals surface area contributed by atoms with Gasteiger partial charge >= 0.3 is 5.97 Å². The summed E-state index contributed by atoms with van der Waals surface area (Å²) in [5, 5.41) is 0. The highest BCUT2D eigenvalue weighted by molar-refractivity contribution is 9.10. The zero-order chi connectivity index (χ0) is 24.7. The average Bonchev–Trinajstić information content (AvgIpc) is 3.21. The third-order valence-corrected chi connectivity index (χ3v) is 6.83. The zero-order valence-corrected chi connectivity index (χ0v) is 21.8. The molecule has 0 amide bonds. The van der Waals surface area contributed by atoms with Crippen LogP contribution in [0.1, 0.15) is 35.0 Å². The lowest BCUT2D eigenvalue weighted by Crippen LogP contribution is -2.18. The van der Waals surface area contributed by atoms with Gasteiger partial charge in [0.1, 0.15) is 5.57 Å². The molecule has 0 aliphatic carbocycles. The SMILES string of the molecule is COC(=O)C1=C(C)N(c2ccc(Br)cc2)/C(=C\c2cc(C)n(-c3c(C)cccc3C)c2C)C1=O. The van der Waals surface area contributed by atoms with E-state index in [-0.39, 0.29) is 11.4 Å². The van der Waals surface area contributed by atoms with Gasteiger partial charge in [-0.3, -0.25) is 4.79 Å². The first kappa shape index (κ1) is 23.8. The second-order valence-corrected chi connectivity index (χ2v) is 9.44. The number of hydrogen-bond donors (Lipinski definition) is 0. The summed E-state index contributed by atoms with van der Waals surface area (Å²) in [6.07, 6.45) is 1.87. The van der Waals surface area contributed by atoms with E-state index in [1.807, 2.05) is 35.2 Å². The molecule has 5 nitrogen and oxygen atoms in total. The van der Waals surface area contributed by atoms with Crippen LogP contribution in [0.5, 0.6) is 0 Å². The maximum Gasteiger partial charge on any atom is 0.343 e. The minimum atomic E-state index is -0.631. The monoisotopic (exact) mass is 518 g/mol. The smallest absolute Gasteiger partial charge is 0.343 e. The molecule has 4 rings (SSSR count). The highest BCUT2D eigenvalue weighted by Crippen LogP contribution is 2.37. The van der Waals surface area contributed by atoms with E-state index in [4.69, 9.17) is 4.74 Å². The van der Waals surface area contributed by atoms with Gasteiger partial charge in [0.2, 0.25) is 5.78 Å². The summed E-state index contributed by atoms with van der Waals surface area (Å²) in [5.74, 6) is -0.974. The molecule has 0 radical (unpaired) electrons. The molecule has 174 valence electrons. The Labute approximate surface area is 208 Å². The highest BCUT2D eigenvalue weighted by atomic mass is 79.9. The molecule has 6 heteroatoms. The van der Waals surface area contributed by atoms with Gasteiger partial charge in [-0.25, -0.2) is 4.79 Å². The van der Waals surface area contributed by atoms with Crippen molar-refractivity contribution in [2.45, 2.75) is 34.6 Å². The first-order valence-electron chi connectivity index (χ1n) is 11.0. The predicted molar refractivity (Wildman–Crippen MR) is 139 cm³/mol. The summed E-state index contributed by atoms with van der Waals surface area (Å²) < 4.78 is 8.08. The van der Waals surface area contributed by atoms with E-state index < -0.39 is 5.97 Å². The van der Waals surface area contributed by atoms with Crippen LogP contribution in [0.4, 0.5) is 5.69 Å². The van der Waals surface area contributed by atoms with Crippen molar-refractivity contribution in [1.82, 2.24) is 4.57 Å². The van der Waals surface area contributed by atoms with Crippen LogP contribution in [0.25, 0.3) is 11.8 Å². The van der Waals surface area contributed by atoms with Crippen molar-refractivity contribution in [3.63, 3.8) is 0 Å². The second kappa shape index (κ2) is 9.11. The van der Waals surface area contributed by atoms with E-state index in [2.05, 4.69) is 72.5 Å². The number of carbonyl (C=O) groups is 2. The number of carbonyl (C=O) groups excluding carboxylic acids is 2. The number of aryl methyl sites for hydroxylation is 3. The number of benzene rings is 2. The van der Waals surface area contributed by atoms with E-state index in [1.54, 1.807) is 6.92 Å². The summed E-state index contributed by atoms with van der Waals surface area (Å²) in [4.78, 5) is 27.8. The van der Waals surface area contributed by atoms with E-state index in [0.29, 0.717) is 11.4 Å². The molecule has 2 aromatic carbocycles. The molecule has 0 saturated carbocycles. The number of para-hydroxylation sites is 1. The van der Waals surface area contributed by atoms with Crippen LogP contribution in [-0.2, 0) is 14.3 Å². The molecule has 1 aliphatic heterocycles. The molecule has 0 saturated heterocycles. The van der Waals surface area contributed by atoms with E-state index in [1.165, 1.54) is 18.2 Å². The maximum atomic E-state index is 13.5. The Morgan fingerprint density at radius 1 is 0.971 bits per heavy atom. The molecular weight excluding hydrogens is 492 g/mol. The lowest BCUT2D eigenvalue weighted by Gasteiger charge is -2.21. The Bertz CT molecular complexity index is 1360. The van der Waals surface area contributed by atoms with E-state index >= 15 is 0 Å². The van der Waals surface area contributed by atoms with Crippen LogP contribution in [0.15, 0.2) is 70.0 Å². The number of esters is 1. The fraction of sp³-hybridized carbons (Fsp3) is 0.214. The number of allylic oxidation sites excluding steroid dienone is 2. The van der Waals surface area contributed by atoms with Gasteiger partial charge in [-0.05, 0) is 87.7 Å². The van der Waals surface area contributed by atoms with Crippen LogP contribution in [0.3, 0.4) is 0 Å². The van der Waals surface area contributed by atoms with Crippen molar-refractivity contribution in [1.29, 1.82) is 0 Å². The summed E-state index contributed by atoms with van der Waals surface area (Å²) in [5.41, 5.74) is 8.34. The number of methoxy groups -OCH3 is 1. The Morgan fingerprint density at radius 2 is 1.59 bits per heavy atom. The first-order valence-corrected chi connectivity index (χ1v) is 11.8. The van der Waals surface area contributed by atoms with Crippen LogP contribution >= 0.6 is 15.9 Å². The normalized spacial score (nSPS) is 15.0. The molecule has 34 heavy (non-hydrogen) atoms. The Balaban J connectivity index is 1.90. The lowest BCUT2D eigenvalue weighted by molar-refractivity contribution is -0.137. The van der Waals surface area contributed by atoms with Crippen molar-refractivity contribution in [3.05, 3.63) is 98.0 Å². The van der Waals surface area contributed by atoms with Crippen molar-refractivity contribution in [3.8, 4) is 5.69 Å². The van der Waals surface area contributed by atoms with Crippen LogP contribution in [0.2, 0.25) is 0 Å². The zero-order valence-electron chi connectivity index (χ0n) is 20.2. The minimum absolute atomic E-state index is 0.0558. The average molecular weight is 519 g/mol. The fourth-order valence-corrected chi connectivity index (χ4v) is 4.93. The molecule has 0 fully saturated rings. The topological polar surface area (TPSA) is 51.5 Å². The van der Waals surface area contributed by atoms with Crippen LogP contribution in [-0.4, -0.2) is 23.4 Å². The predicted octanol–water partition coefficient (Wildman–Crippen LogP) is 6.35. The summed E-state index contributed by atoms with van der Waals surface area (Å²) in [6, 6.07) is 16.0. The molecule has 2 heterocycles. The summed E-state index contributed by atoms with van der Waals surface area (Å²) in [7, 11) is 1.29. The number of ether oxygens (including phenoxy) is 1. The molecule has 0 spiro atoms. The number of ketones is 1. The van der Waals surface area contributed by atoms with Crippen molar-refractivity contribution < 1.29 is 14.3 Å². The number of hydrogen-bond acceptors (Lipinski definition) is 4. The lowest BCUT2D eigenvalue weighted by atomic mass is 10.1. The quantitative estimate of drug-likeness (QED) is 0.229. The van der Waals surface area contributed by atoms with Crippen molar-refractivity contribution >= 4 is 39.4 Å². The number of anilines is 1. The van der Waals surface area contributed by atoms with Gasteiger partial charge < -0.3 is 14.2 Å². The number of rotatable bonds is 4. The molecule has 1 aliphatic rings. The minimum Gasteiger partial charge on any atom is -0.465 e. The van der Waals surface area contributed by atoms with Crippen molar-refractivity contribution in [2.24, 2.45) is 0 Å².